The second-order valence-electron chi connectivity index (χ2n) is 4.73. The molecule has 0 atom stereocenters. The van der Waals surface area contributed by atoms with E-state index < -0.39 is 4.92 Å². The summed E-state index contributed by atoms with van der Waals surface area (Å²) in [7, 11) is 0. The van der Waals surface area contributed by atoms with E-state index in [1.165, 1.54) is 6.07 Å². The predicted octanol–water partition coefficient (Wildman–Crippen LogP) is 2.14. The number of ketones is 1. The first-order chi connectivity index (χ1) is 9.47. The molecule has 0 bridgehead atoms. The lowest BCUT2D eigenvalue weighted by atomic mass is 10.1. The molecule has 0 amide bonds. The maximum absolute atomic E-state index is 12.1. The smallest absolute Gasteiger partial charge is 0.273 e. The minimum absolute atomic E-state index is 0. The molecular weight excluding hydrogens is 352 g/mol. The predicted molar refractivity (Wildman–Crippen MR) is 87.5 cm³/mol. The standard InChI is InChI=1S/C15H15N2O3.BrH.H2O/c1-11-5-7-16(8-6-11)10-15(18)13-4-3-12(2)14(9-13)17(19)20;;/h3-9H,10H2,1-2H3;1H;1H2/q+1;;. The Labute approximate surface area is 138 Å². The highest BCUT2D eigenvalue weighted by molar-refractivity contribution is 8.93. The molecule has 0 radical (unpaired) electrons. The van der Waals surface area contributed by atoms with Gasteiger partial charge >= 0.3 is 0 Å². The molecule has 1 heterocycles. The highest BCUT2D eigenvalue weighted by Gasteiger charge is 2.17. The van der Waals surface area contributed by atoms with Gasteiger partial charge in [0.15, 0.2) is 12.4 Å². The maximum Gasteiger partial charge on any atom is 0.273 e. The summed E-state index contributed by atoms with van der Waals surface area (Å²) in [6.45, 7) is 3.79. The van der Waals surface area contributed by atoms with Crippen molar-refractivity contribution in [3.8, 4) is 0 Å². The first-order valence-corrected chi connectivity index (χ1v) is 6.21. The number of hydrogen-bond acceptors (Lipinski definition) is 3. The van der Waals surface area contributed by atoms with Crippen molar-refractivity contribution < 1.29 is 19.8 Å². The molecule has 7 heteroatoms. The van der Waals surface area contributed by atoms with Crippen molar-refractivity contribution in [3.05, 3.63) is 69.5 Å². The van der Waals surface area contributed by atoms with E-state index in [0.29, 0.717) is 11.1 Å². The average Bonchev–Trinajstić information content (AvgIpc) is 2.41. The second kappa shape index (κ2) is 8.35. The Morgan fingerprint density at radius 1 is 1.18 bits per heavy atom. The molecule has 0 saturated heterocycles. The number of rotatable bonds is 4. The Hall–Kier alpha value is -2.12. The van der Waals surface area contributed by atoms with Gasteiger partial charge in [0.1, 0.15) is 0 Å². The summed E-state index contributed by atoms with van der Waals surface area (Å²) in [6.07, 6.45) is 3.63. The fourth-order valence-electron chi connectivity index (χ4n) is 1.87. The number of carbonyl (C=O) groups is 1. The van der Waals surface area contributed by atoms with Gasteiger partial charge in [-0.15, -0.1) is 17.0 Å². The van der Waals surface area contributed by atoms with Gasteiger partial charge < -0.3 is 5.48 Å². The molecule has 0 saturated carbocycles. The molecule has 0 aliphatic rings. The fraction of sp³-hybridized carbons (Fsp3) is 0.200. The summed E-state index contributed by atoms with van der Waals surface area (Å²) < 4.78 is 1.75. The van der Waals surface area contributed by atoms with Crippen LogP contribution in [0.5, 0.6) is 0 Å². The average molecular weight is 370 g/mol. The number of nitrogens with zero attached hydrogens (tertiary/aromatic N) is 2. The molecule has 118 valence electrons. The normalized spacial score (nSPS) is 9.36. The van der Waals surface area contributed by atoms with E-state index in [-0.39, 0.29) is 40.5 Å². The van der Waals surface area contributed by atoms with Crippen LogP contribution in [0.3, 0.4) is 0 Å². The van der Waals surface area contributed by atoms with Gasteiger partial charge in [-0.25, -0.2) is 0 Å². The zero-order valence-electron chi connectivity index (χ0n) is 12.3. The van der Waals surface area contributed by atoms with Crippen LogP contribution in [-0.4, -0.2) is 16.2 Å². The van der Waals surface area contributed by atoms with Crippen molar-refractivity contribution >= 4 is 28.5 Å². The zero-order valence-corrected chi connectivity index (χ0v) is 14.0. The number of benzene rings is 1. The van der Waals surface area contributed by atoms with Crippen molar-refractivity contribution in [2.75, 3.05) is 0 Å². The van der Waals surface area contributed by atoms with Gasteiger partial charge in [-0.1, -0.05) is 12.1 Å². The highest BCUT2D eigenvalue weighted by Crippen LogP contribution is 2.19. The molecular formula is C15H18BrN2O4+. The molecule has 0 aliphatic carbocycles. The van der Waals surface area contributed by atoms with E-state index in [1.807, 2.05) is 31.5 Å². The number of aryl methyl sites for hydroxylation is 2. The van der Waals surface area contributed by atoms with Crippen molar-refractivity contribution in [1.29, 1.82) is 0 Å². The Kier molecular flexibility index (Phi) is 7.55. The van der Waals surface area contributed by atoms with Gasteiger partial charge in [0.2, 0.25) is 12.3 Å². The van der Waals surface area contributed by atoms with Crippen molar-refractivity contribution in [2.45, 2.75) is 20.4 Å². The summed E-state index contributed by atoms with van der Waals surface area (Å²) in [5.41, 5.74) is 1.99. The first kappa shape index (κ1) is 19.9. The van der Waals surface area contributed by atoms with Crippen LogP contribution in [0.4, 0.5) is 5.69 Å². The third-order valence-electron chi connectivity index (χ3n) is 3.11. The van der Waals surface area contributed by atoms with E-state index in [1.54, 1.807) is 23.6 Å². The Bertz CT molecular complexity index is 672. The van der Waals surface area contributed by atoms with Gasteiger partial charge in [0.05, 0.1) is 4.92 Å². The summed E-state index contributed by atoms with van der Waals surface area (Å²) in [4.78, 5) is 22.6. The number of halogens is 1. The molecule has 0 spiro atoms. The number of aromatic nitrogens is 1. The minimum atomic E-state index is -0.467. The lowest BCUT2D eigenvalue weighted by Crippen LogP contribution is -2.37. The summed E-state index contributed by atoms with van der Waals surface area (Å²) in [6, 6.07) is 8.38. The Balaban J connectivity index is 0.00000220. The summed E-state index contributed by atoms with van der Waals surface area (Å²) in [5, 5.41) is 10.9. The van der Waals surface area contributed by atoms with Crippen LogP contribution in [0.15, 0.2) is 42.7 Å². The number of nitro benzene ring substituents is 1. The van der Waals surface area contributed by atoms with E-state index in [9.17, 15) is 14.9 Å². The number of hydrogen-bond donors (Lipinski definition) is 0. The molecule has 1 aromatic carbocycles. The van der Waals surface area contributed by atoms with Gasteiger partial charge in [0.25, 0.3) is 5.69 Å². The molecule has 22 heavy (non-hydrogen) atoms. The van der Waals surface area contributed by atoms with E-state index in [0.717, 1.165) is 5.56 Å². The highest BCUT2D eigenvalue weighted by atomic mass is 79.9. The van der Waals surface area contributed by atoms with Gasteiger partial charge in [-0.2, -0.15) is 4.57 Å². The number of pyridine rings is 1. The van der Waals surface area contributed by atoms with E-state index in [4.69, 9.17) is 0 Å². The van der Waals surface area contributed by atoms with Crippen LogP contribution in [0.1, 0.15) is 21.5 Å². The van der Waals surface area contributed by atoms with Crippen LogP contribution in [-0.2, 0) is 6.54 Å². The zero-order chi connectivity index (χ0) is 14.7. The van der Waals surface area contributed by atoms with Gasteiger partial charge in [-0.05, 0) is 19.4 Å². The number of nitro groups is 1. The van der Waals surface area contributed by atoms with Crippen molar-refractivity contribution in [3.63, 3.8) is 0 Å². The number of carbonyl (C=O) groups excluding carboxylic acids is 1. The molecule has 0 unspecified atom stereocenters. The van der Waals surface area contributed by atoms with Gasteiger partial charge in [-0.3, -0.25) is 14.9 Å². The maximum atomic E-state index is 12.1. The fourth-order valence-corrected chi connectivity index (χ4v) is 1.87. The van der Waals surface area contributed by atoms with Crippen LogP contribution in [0.2, 0.25) is 0 Å². The largest absolute Gasteiger partial charge is 0.412 e. The summed E-state index contributed by atoms with van der Waals surface area (Å²) >= 11 is 0. The van der Waals surface area contributed by atoms with Gasteiger partial charge in [0, 0.05) is 29.3 Å². The van der Waals surface area contributed by atoms with E-state index in [2.05, 4.69) is 0 Å². The molecule has 2 aromatic rings. The van der Waals surface area contributed by atoms with Crippen LogP contribution in [0.25, 0.3) is 0 Å². The van der Waals surface area contributed by atoms with Crippen LogP contribution in [0, 0.1) is 24.0 Å². The van der Waals surface area contributed by atoms with Crippen molar-refractivity contribution in [2.24, 2.45) is 0 Å². The molecule has 2 N–H and O–H groups in total. The second-order valence-corrected chi connectivity index (χ2v) is 4.73. The molecule has 0 aliphatic heterocycles. The Morgan fingerprint density at radius 3 is 2.32 bits per heavy atom. The quantitative estimate of drug-likeness (QED) is 0.357. The molecule has 6 nitrogen and oxygen atoms in total. The molecule has 1 aromatic heterocycles. The SMILES string of the molecule is Br.Cc1cc[n+](CC(=O)c2ccc(C)c([N+](=O)[O-])c2)cc1.O. The third kappa shape index (κ3) is 4.71. The van der Waals surface area contributed by atoms with E-state index >= 15 is 0 Å². The minimum Gasteiger partial charge on any atom is -0.412 e. The monoisotopic (exact) mass is 369 g/mol. The molecule has 0 fully saturated rings. The van der Waals surface area contributed by atoms with Crippen LogP contribution >= 0.6 is 17.0 Å². The Morgan fingerprint density at radius 2 is 1.77 bits per heavy atom. The molecule has 2 rings (SSSR count). The summed E-state index contributed by atoms with van der Waals surface area (Å²) in [5.74, 6) is -0.151. The van der Waals surface area contributed by atoms with Crippen molar-refractivity contribution in [1.82, 2.24) is 0 Å². The number of Topliss-reactive ketones (excluding diaryl/α,β-unsaturated/α-hetero) is 1. The topological polar surface area (TPSA) is 95.6 Å². The lowest BCUT2D eigenvalue weighted by Gasteiger charge is -2.01. The lowest BCUT2D eigenvalue weighted by molar-refractivity contribution is -0.683. The third-order valence-corrected chi connectivity index (χ3v) is 3.11. The first-order valence-electron chi connectivity index (χ1n) is 6.21. The van der Waals surface area contributed by atoms with Crippen LogP contribution < -0.4 is 4.57 Å².